The normalized spacial score (nSPS) is 16.5. The van der Waals surface area contributed by atoms with E-state index in [0.29, 0.717) is 11.9 Å². The molecule has 1 aliphatic rings. The zero-order chi connectivity index (χ0) is 13.1. The molecule has 19 heavy (non-hydrogen) atoms. The fourth-order valence-corrected chi connectivity index (χ4v) is 2.36. The number of para-hydroxylation sites is 1. The van der Waals surface area contributed by atoms with Gasteiger partial charge < -0.3 is 9.73 Å². The summed E-state index contributed by atoms with van der Waals surface area (Å²) < 4.78 is 5.82. The molecule has 0 atom stereocenters. The molecule has 0 radical (unpaired) electrons. The first-order valence-electron chi connectivity index (χ1n) is 6.67. The molecule has 1 aromatic carbocycles. The molecule has 1 aliphatic heterocycles. The number of nitrogens with zero attached hydrogens (tertiary/aromatic N) is 3. The Morgan fingerprint density at radius 2 is 1.89 bits per heavy atom. The van der Waals surface area contributed by atoms with Crippen LogP contribution in [0.25, 0.3) is 0 Å². The van der Waals surface area contributed by atoms with Gasteiger partial charge in [-0.3, -0.25) is 4.90 Å². The Labute approximate surface area is 112 Å². The predicted molar refractivity (Wildman–Crippen MR) is 73.6 cm³/mol. The zero-order valence-electron chi connectivity index (χ0n) is 11.0. The van der Waals surface area contributed by atoms with Crippen molar-refractivity contribution in [3.8, 4) is 0 Å². The minimum atomic E-state index is 0.395. The molecule has 5 heteroatoms. The van der Waals surface area contributed by atoms with Crippen molar-refractivity contribution in [1.29, 1.82) is 0 Å². The number of piperidine rings is 1. The van der Waals surface area contributed by atoms with Gasteiger partial charge in [-0.15, -0.1) is 5.10 Å². The third kappa shape index (κ3) is 2.61. The van der Waals surface area contributed by atoms with Gasteiger partial charge in [-0.2, -0.15) is 0 Å². The maximum atomic E-state index is 5.82. The fraction of sp³-hybridized carbons (Fsp3) is 0.429. The summed E-state index contributed by atoms with van der Waals surface area (Å²) in [6, 6.07) is 10.6. The van der Waals surface area contributed by atoms with Gasteiger partial charge >= 0.3 is 6.01 Å². The Kier molecular flexibility index (Phi) is 3.46. The van der Waals surface area contributed by atoms with E-state index in [-0.39, 0.29) is 0 Å². The van der Waals surface area contributed by atoms with E-state index in [1.807, 2.05) is 42.3 Å². The highest BCUT2D eigenvalue weighted by molar-refractivity contribution is 5.54. The van der Waals surface area contributed by atoms with Crippen LogP contribution in [-0.2, 0) is 0 Å². The number of hydrogen-bond donors (Lipinski definition) is 1. The third-order valence-corrected chi connectivity index (χ3v) is 3.55. The second-order valence-electron chi connectivity index (χ2n) is 4.84. The molecule has 1 N–H and O–H groups in total. The Balaban J connectivity index is 1.77. The highest BCUT2D eigenvalue weighted by Crippen LogP contribution is 2.28. The molecule has 1 aromatic heterocycles. The summed E-state index contributed by atoms with van der Waals surface area (Å²) in [5, 5.41) is 11.7. The van der Waals surface area contributed by atoms with Gasteiger partial charge in [-0.1, -0.05) is 23.3 Å². The van der Waals surface area contributed by atoms with Crippen molar-refractivity contribution < 1.29 is 4.42 Å². The monoisotopic (exact) mass is 258 g/mol. The first-order valence-corrected chi connectivity index (χ1v) is 6.67. The van der Waals surface area contributed by atoms with E-state index in [2.05, 4.69) is 15.5 Å². The summed E-state index contributed by atoms with van der Waals surface area (Å²) in [7, 11) is 1.94. The van der Waals surface area contributed by atoms with Crippen molar-refractivity contribution in [2.45, 2.75) is 18.8 Å². The van der Waals surface area contributed by atoms with Crippen LogP contribution in [0.2, 0.25) is 0 Å². The molecule has 0 saturated carbocycles. The summed E-state index contributed by atoms with van der Waals surface area (Å²) in [6.45, 7) is 2.05. The number of nitrogens with one attached hydrogen (secondary N) is 1. The van der Waals surface area contributed by atoms with Crippen LogP contribution in [0, 0.1) is 0 Å². The molecular weight excluding hydrogens is 240 g/mol. The van der Waals surface area contributed by atoms with Crippen LogP contribution in [0.3, 0.4) is 0 Å². The highest BCUT2D eigenvalue weighted by Gasteiger charge is 2.22. The predicted octanol–water partition coefficient (Wildman–Crippen LogP) is 2.30. The lowest BCUT2D eigenvalue weighted by molar-refractivity contribution is 0.377. The number of anilines is 2. The van der Waals surface area contributed by atoms with Gasteiger partial charge in [0.25, 0.3) is 0 Å². The van der Waals surface area contributed by atoms with Crippen LogP contribution >= 0.6 is 0 Å². The number of hydrogen-bond acceptors (Lipinski definition) is 5. The maximum absolute atomic E-state index is 5.82. The Hall–Kier alpha value is -1.88. The van der Waals surface area contributed by atoms with E-state index in [1.54, 1.807) is 0 Å². The van der Waals surface area contributed by atoms with E-state index in [4.69, 9.17) is 4.42 Å². The average Bonchev–Trinajstić information content (AvgIpc) is 2.98. The average molecular weight is 258 g/mol. The molecule has 0 bridgehead atoms. The third-order valence-electron chi connectivity index (χ3n) is 3.55. The van der Waals surface area contributed by atoms with Crippen LogP contribution in [0.1, 0.15) is 24.7 Å². The molecule has 1 fully saturated rings. The Morgan fingerprint density at radius 1 is 1.16 bits per heavy atom. The molecule has 0 unspecified atom stereocenters. The van der Waals surface area contributed by atoms with Crippen molar-refractivity contribution in [1.82, 2.24) is 15.5 Å². The van der Waals surface area contributed by atoms with Crippen LogP contribution in [-0.4, -0.2) is 30.3 Å². The summed E-state index contributed by atoms with van der Waals surface area (Å²) in [5.41, 5.74) is 1.04. The first-order chi connectivity index (χ1) is 9.34. The molecule has 100 valence electrons. The summed E-state index contributed by atoms with van der Waals surface area (Å²) >= 11 is 0. The second-order valence-corrected chi connectivity index (χ2v) is 4.84. The molecule has 2 heterocycles. The summed E-state index contributed by atoms with van der Waals surface area (Å²) in [6.07, 6.45) is 2.13. The first kappa shape index (κ1) is 12.2. The standard InChI is InChI=1S/C14H18N4O/c1-18(12-5-3-2-4-6-12)14-17-16-13(19-14)11-7-9-15-10-8-11/h2-6,11,15H,7-10H2,1H3. The van der Waals surface area contributed by atoms with Crippen LogP contribution in [0.5, 0.6) is 0 Å². The van der Waals surface area contributed by atoms with Crippen LogP contribution in [0.4, 0.5) is 11.7 Å². The van der Waals surface area contributed by atoms with Gasteiger partial charge in [-0.25, -0.2) is 0 Å². The number of rotatable bonds is 3. The van der Waals surface area contributed by atoms with E-state index < -0.39 is 0 Å². The van der Waals surface area contributed by atoms with Gasteiger partial charge in [0.05, 0.1) is 0 Å². The van der Waals surface area contributed by atoms with E-state index in [0.717, 1.165) is 37.5 Å². The largest absolute Gasteiger partial charge is 0.407 e. The van der Waals surface area contributed by atoms with Crippen molar-refractivity contribution in [2.75, 3.05) is 25.0 Å². The minimum Gasteiger partial charge on any atom is -0.407 e. The summed E-state index contributed by atoms with van der Waals surface area (Å²) in [4.78, 5) is 1.91. The Morgan fingerprint density at radius 3 is 2.63 bits per heavy atom. The van der Waals surface area contributed by atoms with E-state index in [9.17, 15) is 0 Å². The zero-order valence-corrected chi connectivity index (χ0v) is 11.0. The highest BCUT2D eigenvalue weighted by atomic mass is 16.4. The van der Waals surface area contributed by atoms with Gasteiger partial charge in [0.1, 0.15) is 0 Å². The van der Waals surface area contributed by atoms with Crippen LogP contribution in [0.15, 0.2) is 34.7 Å². The fourth-order valence-electron chi connectivity index (χ4n) is 2.36. The van der Waals surface area contributed by atoms with Gasteiger partial charge in [0.2, 0.25) is 5.89 Å². The molecule has 0 spiro atoms. The van der Waals surface area contributed by atoms with E-state index >= 15 is 0 Å². The second kappa shape index (κ2) is 5.40. The van der Waals surface area contributed by atoms with Gasteiger partial charge in [-0.05, 0) is 38.1 Å². The SMILES string of the molecule is CN(c1ccccc1)c1nnc(C2CCNCC2)o1. The van der Waals surface area contributed by atoms with Crippen molar-refractivity contribution >= 4 is 11.7 Å². The summed E-state index contributed by atoms with van der Waals surface area (Å²) in [5.74, 6) is 1.16. The van der Waals surface area contributed by atoms with Crippen molar-refractivity contribution in [2.24, 2.45) is 0 Å². The number of benzene rings is 1. The topological polar surface area (TPSA) is 54.2 Å². The number of aromatic nitrogens is 2. The van der Waals surface area contributed by atoms with Crippen LogP contribution < -0.4 is 10.2 Å². The Bertz CT molecular complexity index is 519. The molecule has 1 saturated heterocycles. The minimum absolute atomic E-state index is 0.395. The lowest BCUT2D eigenvalue weighted by Crippen LogP contribution is -2.26. The smallest absolute Gasteiger partial charge is 0.322 e. The molecule has 3 rings (SSSR count). The molecule has 0 aliphatic carbocycles. The quantitative estimate of drug-likeness (QED) is 0.915. The lowest BCUT2D eigenvalue weighted by Gasteiger charge is -2.19. The molecular formula is C14H18N4O. The molecule has 5 nitrogen and oxygen atoms in total. The maximum Gasteiger partial charge on any atom is 0.322 e. The lowest BCUT2D eigenvalue weighted by atomic mass is 9.98. The van der Waals surface area contributed by atoms with Gasteiger partial charge in [0, 0.05) is 18.7 Å². The van der Waals surface area contributed by atoms with Crippen molar-refractivity contribution in [3.63, 3.8) is 0 Å². The molecule has 2 aromatic rings. The van der Waals surface area contributed by atoms with E-state index in [1.165, 1.54) is 0 Å². The van der Waals surface area contributed by atoms with Gasteiger partial charge in [0.15, 0.2) is 0 Å². The van der Waals surface area contributed by atoms with Crippen molar-refractivity contribution in [3.05, 3.63) is 36.2 Å². The molecule has 0 amide bonds.